The summed E-state index contributed by atoms with van der Waals surface area (Å²) < 4.78 is 8.31. The van der Waals surface area contributed by atoms with Gasteiger partial charge >= 0.3 is 6.09 Å². The molecule has 0 unspecified atom stereocenters. The minimum Gasteiger partial charge on any atom is -0.443 e. The van der Waals surface area contributed by atoms with Gasteiger partial charge in [0.1, 0.15) is 5.60 Å². The smallest absolute Gasteiger partial charge is 0.419 e. The van der Waals surface area contributed by atoms with Crippen LogP contribution in [-0.2, 0) is 4.74 Å². The quantitative estimate of drug-likeness (QED) is 0.515. The number of pyridine rings is 1. The Hall–Kier alpha value is -1.89. The highest BCUT2D eigenvalue weighted by Crippen LogP contribution is 2.29. The molecule has 2 heterocycles. The topological polar surface area (TPSA) is 44.1 Å². The van der Waals surface area contributed by atoms with Gasteiger partial charge in [-0.05, 0) is 73.2 Å². The number of hydrogen-bond donors (Lipinski definition) is 0. The van der Waals surface area contributed by atoms with Gasteiger partial charge in [0.05, 0.1) is 17.4 Å². The van der Waals surface area contributed by atoms with Gasteiger partial charge in [0, 0.05) is 15.2 Å². The number of fused-ring (bicyclic) bond motifs is 1. The van der Waals surface area contributed by atoms with Crippen molar-refractivity contribution in [3.8, 4) is 11.3 Å². The van der Waals surface area contributed by atoms with Crippen molar-refractivity contribution in [2.24, 2.45) is 0 Å². The van der Waals surface area contributed by atoms with Crippen LogP contribution in [0.1, 0.15) is 20.8 Å². The molecule has 4 nitrogen and oxygen atoms in total. The number of rotatable bonds is 1. The molecule has 0 amide bonds. The van der Waals surface area contributed by atoms with Crippen molar-refractivity contribution in [2.45, 2.75) is 26.4 Å². The Morgan fingerprint density at radius 2 is 1.87 bits per heavy atom. The SMILES string of the molecule is CC(C)(C)OC(=O)n1c(-c2ccc(I)cc2)cc2ccncc21. The lowest BCUT2D eigenvalue weighted by Crippen LogP contribution is -2.27. The van der Waals surface area contributed by atoms with E-state index in [0.717, 1.165) is 25.7 Å². The molecule has 0 saturated heterocycles. The van der Waals surface area contributed by atoms with Crippen LogP contribution in [0.5, 0.6) is 0 Å². The van der Waals surface area contributed by atoms with E-state index in [9.17, 15) is 4.79 Å². The van der Waals surface area contributed by atoms with Gasteiger partial charge in [0.2, 0.25) is 0 Å². The fourth-order valence-electron chi connectivity index (χ4n) is 2.38. The molecule has 0 saturated carbocycles. The van der Waals surface area contributed by atoms with Crippen molar-refractivity contribution < 1.29 is 9.53 Å². The summed E-state index contributed by atoms with van der Waals surface area (Å²) in [6.45, 7) is 5.58. The number of hydrogen-bond acceptors (Lipinski definition) is 3. The zero-order valence-electron chi connectivity index (χ0n) is 13.2. The first-order chi connectivity index (χ1) is 10.8. The highest BCUT2D eigenvalue weighted by molar-refractivity contribution is 14.1. The van der Waals surface area contributed by atoms with Crippen LogP contribution in [0, 0.1) is 3.57 Å². The van der Waals surface area contributed by atoms with Gasteiger partial charge in [-0.15, -0.1) is 0 Å². The van der Waals surface area contributed by atoms with Crippen LogP contribution in [-0.4, -0.2) is 21.2 Å². The first-order valence-corrected chi connectivity index (χ1v) is 8.38. The minimum absolute atomic E-state index is 0.394. The highest BCUT2D eigenvalue weighted by atomic mass is 127. The van der Waals surface area contributed by atoms with Crippen LogP contribution in [0.25, 0.3) is 22.2 Å². The van der Waals surface area contributed by atoms with E-state index in [1.165, 1.54) is 0 Å². The molecular formula is C18H17IN2O2. The van der Waals surface area contributed by atoms with E-state index in [1.54, 1.807) is 17.0 Å². The van der Waals surface area contributed by atoms with E-state index in [1.807, 2.05) is 57.2 Å². The van der Waals surface area contributed by atoms with E-state index in [0.29, 0.717) is 0 Å². The standard InChI is InChI=1S/C18H17IN2O2/c1-18(2,3)23-17(22)21-15(12-4-6-14(19)7-5-12)10-13-8-9-20-11-16(13)21/h4-11H,1-3H3. The lowest BCUT2D eigenvalue weighted by atomic mass is 10.1. The van der Waals surface area contributed by atoms with E-state index in [-0.39, 0.29) is 0 Å². The first kappa shape index (κ1) is 16.0. The third-order valence-electron chi connectivity index (χ3n) is 3.32. The Kier molecular flexibility index (Phi) is 4.14. The van der Waals surface area contributed by atoms with E-state index < -0.39 is 11.7 Å². The highest BCUT2D eigenvalue weighted by Gasteiger charge is 2.22. The Labute approximate surface area is 148 Å². The van der Waals surface area contributed by atoms with Gasteiger partial charge < -0.3 is 4.74 Å². The lowest BCUT2D eigenvalue weighted by molar-refractivity contribution is 0.0547. The van der Waals surface area contributed by atoms with E-state index in [2.05, 4.69) is 27.6 Å². The lowest BCUT2D eigenvalue weighted by Gasteiger charge is -2.21. The van der Waals surface area contributed by atoms with Crippen molar-refractivity contribution >= 4 is 39.6 Å². The number of benzene rings is 1. The summed E-state index contributed by atoms with van der Waals surface area (Å²) in [5, 5.41) is 0.958. The summed E-state index contributed by atoms with van der Waals surface area (Å²) >= 11 is 2.26. The zero-order valence-corrected chi connectivity index (χ0v) is 15.4. The summed E-state index contributed by atoms with van der Waals surface area (Å²) in [6.07, 6.45) is 3.02. The van der Waals surface area contributed by atoms with Crippen molar-refractivity contribution in [1.82, 2.24) is 9.55 Å². The number of halogens is 1. The molecule has 0 aliphatic rings. The van der Waals surface area contributed by atoms with Crippen molar-refractivity contribution in [3.63, 3.8) is 0 Å². The van der Waals surface area contributed by atoms with Crippen LogP contribution in [0.4, 0.5) is 4.79 Å². The fraction of sp³-hybridized carbons (Fsp3) is 0.222. The molecule has 1 aromatic carbocycles. The van der Waals surface area contributed by atoms with E-state index >= 15 is 0 Å². The molecule has 0 N–H and O–H groups in total. The summed E-state index contributed by atoms with van der Waals surface area (Å²) in [5.41, 5.74) is 1.96. The summed E-state index contributed by atoms with van der Waals surface area (Å²) in [7, 11) is 0. The van der Waals surface area contributed by atoms with Crippen molar-refractivity contribution in [2.75, 3.05) is 0 Å². The van der Waals surface area contributed by atoms with Crippen molar-refractivity contribution in [1.29, 1.82) is 0 Å². The zero-order chi connectivity index (χ0) is 16.6. The predicted octanol–water partition coefficient (Wildman–Crippen LogP) is 5.09. The number of nitrogens with zero attached hydrogens (tertiary/aromatic N) is 2. The molecule has 3 aromatic rings. The largest absolute Gasteiger partial charge is 0.443 e. The van der Waals surface area contributed by atoms with Crippen LogP contribution in [0.3, 0.4) is 0 Å². The molecule has 2 aromatic heterocycles. The molecule has 0 aliphatic carbocycles. The van der Waals surface area contributed by atoms with Crippen LogP contribution in [0.15, 0.2) is 48.8 Å². The maximum absolute atomic E-state index is 12.7. The third kappa shape index (κ3) is 3.39. The average molecular weight is 420 g/mol. The number of ether oxygens (including phenoxy) is 1. The fourth-order valence-corrected chi connectivity index (χ4v) is 2.74. The van der Waals surface area contributed by atoms with Gasteiger partial charge in [-0.25, -0.2) is 9.36 Å². The third-order valence-corrected chi connectivity index (χ3v) is 4.04. The summed E-state index contributed by atoms with van der Waals surface area (Å²) in [5.74, 6) is 0. The second-order valence-electron chi connectivity index (χ2n) is 6.29. The van der Waals surface area contributed by atoms with Gasteiger partial charge in [-0.1, -0.05) is 12.1 Å². The molecule has 0 fully saturated rings. The van der Waals surface area contributed by atoms with Gasteiger partial charge in [-0.2, -0.15) is 0 Å². The second-order valence-corrected chi connectivity index (χ2v) is 7.53. The molecule has 0 spiro atoms. The molecule has 118 valence electrons. The predicted molar refractivity (Wildman–Crippen MR) is 99.5 cm³/mol. The molecule has 5 heteroatoms. The van der Waals surface area contributed by atoms with Crippen LogP contribution in [0.2, 0.25) is 0 Å². The van der Waals surface area contributed by atoms with Gasteiger partial charge in [0.25, 0.3) is 0 Å². The molecule has 0 atom stereocenters. The van der Waals surface area contributed by atoms with Crippen LogP contribution >= 0.6 is 22.6 Å². The van der Waals surface area contributed by atoms with Crippen molar-refractivity contribution in [3.05, 3.63) is 52.4 Å². The Bertz CT molecular complexity index is 861. The number of aromatic nitrogens is 2. The van der Waals surface area contributed by atoms with Gasteiger partial charge in [0.15, 0.2) is 0 Å². The first-order valence-electron chi connectivity index (χ1n) is 7.30. The average Bonchev–Trinajstić information content (AvgIpc) is 2.85. The Morgan fingerprint density at radius 1 is 1.17 bits per heavy atom. The molecular weight excluding hydrogens is 403 g/mol. The summed E-state index contributed by atoms with van der Waals surface area (Å²) in [6, 6.07) is 11.9. The van der Waals surface area contributed by atoms with Crippen LogP contribution < -0.4 is 0 Å². The van der Waals surface area contributed by atoms with Gasteiger partial charge in [-0.3, -0.25) is 4.98 Å². The summed E-state index contributed by atoms with van der Waals surface area (Å²) in [4.78, 5) is 16.9. The Balaban J connectivity index is 2.19. The number of carbonyl (C=O) groups excluding carboxylic acids is 1. The molecule has 0 bridgehead atoms. The second kappa shape index (κ2) is 5.96. The molecule has 3 rings (SSSR count). The molecule has 23 heavy (non-hydrogen) atoms. The Morgan fingerprint density at radius 3 is 2.52 bits per heavy atom. The molecule has 0 radical (unpaired) electrons. The monoisotopic (exact) mass is 420 g/mol. The minimum atomic E-state index is -0.556. The maximum atomic E-state index is 12.7. The number of carbonyl (C=O) groups is 1. The normalized spacial score (nSPS) is 11.7. The molecule has 0 aliphatic heterocycles. The maximum Gasteiger partial charge on any atom is 0.419 e. The van der Waals surface area contributed by atoms with E-state index in [4.69, 9.17) is 4.74 Å².